The molecule has 3 rings (SSSR count). The van der Waals surface area contributed by atoms with Crippen LogP contribution in [0.5, 0.6) is 11.6 Å². The molecule has 192 valence electrons. The molecular formula is C25H36ClN5O4. The molecule has 0 aliphatic carbocycles. The summed E-state index contributed by atoms with van der Waals surface area (Å²) >= 11 is 0. The molecule has 0 fully saturated rings. The average molecular weight is 506 g/mol. The maximum Gasteiger partial charge on any atom is 0.242 e. The van der Waals surface area contributed by atoms with Crippen molar-refractivity contribution in [3.8, 4) is 11.6 Å². The first kappa shape index (κ1) is 28.3. The number of aromatic nitrogens is 4. The van der Waals surface area contributed by atoms with Crippen LogP contribution in [0.1, 0.15) is 68.6 Å². The predicted molar refractivity (Wildman–Crippen MR) is 136 cm³/mol. The van der Waals surface area contributed by atoms with Crippen LogP contribution in [0.25, 0.3) is 5.65 Å². The fraction of sp³-hybridized carbons (Fsp3) is 0.520. The largest absolute Gasteiger partial charge is 0.491 e. The highest BCUT2D eigenvalue weighted by Gasteiger charge is 2.21. The summed E-state index contributed by atoms with van der Waals surface area (Å²) < 4.78 is 14.2. The summed E-state index contributed by atoms with van der Waals surface area (Å²) in [6, 6.07) is 5.41. The molecule has 0 spiro atoms. The second-order valence-corrected chi connectivity index (χ2v) is 9.11. The first-order chi connectivity index (χ1) is 16.1. The van der Waals surface area contributed by atoms with Gasteiger partial charge in [0, 0.05) is 16.7 Å². The molecule has 10 heteroatoms. The topological polar surface area (TPSA) is 115 Å². The highest BCUT2D eigenvalue weighted by Crippen LogP contribution is 2.28. The number of rotatable bonds is 10. The minimum absolute atomic E-state index is 0. The zero-order valence-corrected chi connectivity index (χ0v) is 22.2. The van der Waals surface area contributed by atoms with Crippen LogP contribution < -0.4 is 15.1 Å². The fourth-order valence-corrected chi connectivity index (χ4v) is 3.88. The Balaban J connectivity index is 0.00000432. The van der Waals surface area contributed by atoms with E-state index in [2.05, 4.69) is 31.0 Å². The number of fused-ring (bicyclic) bond motifs is 1. The van der Waals surface area contributed by atoms with Crippen LogP contribution in [0.15, 0.2) is 18.2 Å². The third-order valence-electron chi connectivity index (χ3n) is 5.68. The maximum atomic E-state index is 13.3. The molecule has 9 nitrogen and oxygen atoms in total. The standard InChI is InChI=1S/C25H35N5O4.ClH/c1-7-19-20(8-2)23(33-9-3)28-30-22(19)27-29(24(30)26)15-21(32)16-12-17(25(4,5)6)14-18(13-16)34-11-10-31;/h12-14,26,31H,7-11,15H2,1-6H3;1H. The molecule has 35 heavy (non-hydrogen) atoms. The Hall–Kier alpha value is -2.91. The van der Waals surface area contributed by atoms with Gasteiger partial charge in [0.2, 0.25) is 11.5 Å². The van der Waals surface area contributed by atoms with Crippen LogP contribution in [0.4, 0.5) is 0 Å². The van der Waals surface area contributed by atoms with Crippen molar-refractivity contribution in [2.45, 2.75) is 66.3 Å². The van der Waals surface area contributed by atoms with Gasteiger partial charge in [0.05, 0.1) is 13.2 Å². The number of hydrogen-bond donors (Lipinski definition) is 2. The van der Waals surface area contributed by atoms with Gasteiger partial charge in [-0.05, 0) is 48.9 Å². The molecule has 0 bridgehead atoms. The zero-order valence-electron chi connectivity index (χ0n) is 21.3. The molecule has 0 radical (unpaired) electrons. The molecular weight excluding hydrogens is 470 g/mol. The fourth-order valence-electron chi connectivity index (χ4n) is 3.88. The number of Topliss-reactive ketones (excluding diaryl/α,β-unsaturated/α-hetero) is 1. The smallest absolute Gasteiger partial charge is 0.242 e. The Morgan fingerprint density at radius 3 is 2.31 bits per heavy atom. The molecule has 2 heterocycles. The summed E-state index contributed by atoms with van der Waals surface area (Å²) in [5, 5.41) is 26.8. The molecule has 3 aromatic rings. The number of aryl methyl sites for hydroxylation is 1. The van der Waals surface area contributed by atoms with Gasteiger partial charge in [-0.25, -0.2) is 4.68 Å². The number of nitrogens with zero attached hydrogens (tertiary/aromatic N) is 4. The van der Waals surface area contributed by atoms with E-state index in [0.29, 0.717) is 35.9 Å². The van der Waals surface area contributed by atoms with Crippen LogP contribution in [0, 0.1) is 5.41 Å². The van der Waals surface area contributed by atoms with Crippen molar-refractivity contribution in [3.63, 3.8) is 0 Å². The van der Waals surface area contributed by atoms with E-state index in [1.165, 1.54) is 9.20 Å². The summed E-state index contributed by atoms with van der Waals surface area (Å²) in [5.41, 5.74) is 3.73. The molecule has 2 N–H and O–H groups in total. The van der Waals surface area contributed by atoms with Crippen molar-refractivity contribution in [3.05, 3.63) is 46.1 Å². The third-order valence-corrected chi connectivity index (χ3v) is 5.68. The lowest BCUT2D eigenvalue weighted by molar-refractivity contribution is 0.0965. The monoisotopic (exact) mass is 505 g/mol. The van der Waals surface area contributed by atoms with E-state index in [1.54, 1.807) is 6.07 Å². The van der Waals surface area contributed by atoms with E-state index >= 15 is 0 Å². The number of ketones is 1. The number of aliphatic hydroxyl groups is 1. The average Bonchev–Trinajstić information content (AvgIpc) is 3.11. The summed E-state index contributed by atoms with van der Waals surface area (Å²) in [5.74, 6) is 0.836. The Morgan fingerprint density at radius 1 is 1.06 bits per heavy atom. The Labute approximate surface area is 212 Å². The predicted octanol–water partition coefficient (Wildman–Crippen LogP) is 3.51. The molecule has 1 aromatic carbocycles. The number of aliphatic hydroxyl groups excluding tert-OH is 1. The van der Waals surface area contributed by atoms with Crippen molar-refractivity contribution in [2.75, 3.05) is 19.8 Å². The van der Waals surface area contributed by atoms with Gasteiger partial charge in [0.25, 0.3) is 0 Å². The van der Waals surface area contributed by atoms with Gasteiger partial charge in [-0.3, -0.25) is 10.2 Å². The van der Waals surface area contributed by atoms with Crippen molar-refractivity contribution in [1.82, 2.24) is 19.4 Å². The van der Waals surface area contributed by atoms with E-state index in [9.17, 15) is 4.79 Å². The molecule has 0 aliphatic heterocycles. The van der Waals surface area contributed by atoms with Gasteiger partial charge >= 0.3 is 0 Å². The van der Waals surface area contributed by atoms with Crippen molar-refractivity contribution < 1.29 is 19.4 Å². The van der Waals surface area contributed by atoms with Gasteiger partial charge in [0.15, 0.2) is 11.4 Å². The van der Waals surface area contributed by atoms with Crippen LogP contribution >= 0.6 is 12.4 Å². The number of benzene rings is 1. The molecule has 0 saturated heterocycles. The normalized spacial score (nSPS) is 11.4. The maximum absolute atomic E-state index is 13.3. The minimum atomic E-state index is -0.198. The number of nitrogens with one attached hydrogen (secondary N) is 1. The molecule has 0 aliphatic rings. The van der Waals surface area contributed by atoms with E-state index in [4.69, 9.17) is 20.0 Å². The molecule has 0 saturated carbocycles. The lowest BCUT2D eigenvalue weighted by Gasteiger charge is -2.21. The minimum Gasteiger partial charge on any atom is -0.491 e. The molecule has 0 atom stereocenters. The van der Waals surface area contributed by atoms with E-state index in [-0.39, 0.29) is 49.0 Å². The zero-order chi connectivity index (χ0) is 25.0. The summed E-state index contributed by atoms with van der Waals surface area (Å²) in [7, 11) is 0. The number of hydrogen-bond acceptors (Lipinski definition) is 7. The lowest BCUT2D eigenvalue weighted by Crippen LogP contribution is -2.27. The van der Waals surface area contributed by atoms with Gasteiger partial charge in [0.1, 0.15) is 18.9 Å². The SMILES string of the molecule is CCOc1nn2c(=N)n(CC(=O)c3cc(OCCO)cc(C(C)(C)C)c3)nc2c(CC)c1CC.Cl. The van der Waals surface area contributed by atoms with E-state index < -0.39 is 0 Å². The van der Waals surface area contributed by atoms with Crippen molar-refractivity contribution in [1.29, 1.82) is 5.41 Å². The van der Waals surface area contributed by atoms with Crippen LogP contribution in [0.3, 0.4) is 0 Å². The van der Waals surface area contributed by atoms with Crippen LogP contribution in [0.2, 0.25) is 0 Å². The number of carbonyl (C=O) groups excluding carboxylic acids is 1. The van der Waals surface area contributed by atoms with Crippen molar-refractivity contribution in [2.24, 2.45) is 0 Å². The summed E-state index contributed by atoms with van der Waals surface area (Å²) in [6.07, 6.45) is 1.44. The Bertz CT molecular complexity index is 1240. The first-order valence-corrected chi connectivity index (χ1v) is 11.8. The Morgan fingerprint density at radius 2 is 1.74 bits per heavy atom. The molecule has 0 unspecified atom stereocenters. The summed E-state index contributed by atoms with van der Waals surface area (Å²) in [4.78, 5) is 13.3. The van der Waals surface area contributed by atoms with E-state index in [0.717, 1.165) is 23.1 Å². The van der Waals surface area contributed by atoms with Gasteiger partial charge < -0.3 is 14.6 Å². The quantitative estimate of drug-likeness (QED) is 0.407. The first-order valence-electron chi connectivity index (χ1n) is 11.8. The second-order valence-electron chi connectivity index (χ2n) is 9.11. The lowest BCUT2D eigenvalue weighted by atomic mass is 9.85. The highest BCUT2D eigenvalue weighted by atomic mass is 35.5. The van der Waals surface area contributed by atoms with Crippen LogP contribution in [-0.2, 0) is 24.8 Å². The summed E-state index contributed by atoms with van der Waals surface area (Å²) in [6.45, 7) is 12.5. The molecule has 2 aromatic heterocycles. The number of carbonyl (C=O) groups is 1. The third kappa shape index (κ3) is 6.02. The van der Waals surface area contributed by atoms with Gasteiger partial charge in [-0.1, -0.05) is 34.6 Å². The van der Waals surface area contributed by atoms with Crippen LogP contribution in [-0.4, -0.2) is 50.1 Å². The number of halogens is 1. The van der Waals surface area contributed by atoms with Gasteiger partial charge in [-0.2, -0.15) is 4.52 Å². The highest BCUT2D eigenvalue weighted by molar-refractivity contribution is 5.96. The Kier molecular flexibility index (Phi) is 9.45. The number of ether oxygens (including phenoxy) is 2. The van der Waals surface area contributed by atoms with Gasteiger partial charge in [-0.15, -0.1) is 22.6 Å². The van der Waals surface area contributed by atoms with Crippen molar-refractivity contribution >= 4 is 23.8 Å². The molecule has 0 amide bonds. The second kappa shape index (κ2) is 11.7. The van der Waals surface area contributed by atoms with E-state index in [1.807, 2.05) is 32.9 Å².